The Hall–Kier alpha value is -4.58. The lowest BCUT2D eigenvalue weighted by Crippen LogP contribution is -2.09. The standard InChI is InChI=1S/C30H28N2O4/c1-35-27-15-3-21(4-16-27)19-31-29(23-7-11-25(33)12-8-23)30(24-9-13-26(34)14-10-24)32-20-22-5-17-28(36-2)18-6-22/h3-20,29-30,33-34H,1-2H3. The Balaban J connectivity index is 1.76. The number of hydrogen-bond acceptors (Lipinski definition) is 6. The maximum Gasteiger partial charge on any atom is 0.118 e. The first-order valence-electron chi connectivity index (χ1n) is 11.5. The van der Waals surface area contributed by atoms with E-state index < -0.39 is 12.1 Å². The highest BCUT2D eigenvalue weighted by Gasteiger charge is 2.23. The molecule has 6 heteroatoms. The second-order valence-corrected chi connectivity index (χ2v) is 8.18. The third kappa shape index (κ3) is 6.30. The first-order chi connectivity index (χ1) is 17.6. The number of aliphatic imine (C=N–C) groups is 2. The maximum absolute atomic E-state index is 9.86. The van der Waals surface area contributed by atoms with Gasteiger partial charge in [0.2, 0.25) is 0 Å². The molecule has 0 radical (unpaired) electrons. The number of phenols is 2. The van der Waals surface area contributed by atoms with Gasteiger partial charge in [0.05, 0.1) is 14.2 Å². The molecule has 0 amide bonds. The quantitative estimate of drug-likeness (QED) is 0.282. The molecule has 0 aliphatic heterocycles. The Morgan fingerprint density at radius 3 is 1.17 bits per heavy atom. The van der Waals surface area contributed by atoms with Crippen molar-refractivity contribution in [2.75, 3.05) is 14.2 Å². The van der Waals surface area contributed by atoms with E-state index in [4.69, 9.17) is 19.5 Å². The summed E-state index contributed by atoms with van der Waals surface area (Å²) < 4.78 is 10.5. The van der Waals surface area contributed by atoms with Crippen LogP contribution in [0.3, 0.4) is 0 Å². The Morgan fingerprint density at radius 1 is 0.528 bits per heavy atom. The first-order valence-corrected chi connectivity index (χ1v) is 11.5. The van der Waals surface area contributed by atoms with Gasteiger partial charge in [0.1, 0.15) is 35.1 Å². The van der Waals surface area contributed by atoms with Crippen LogP contribution in [-0.4, -0.2) is 36.9 Å². The van der Waals surface area contributed by atoms with Gasteiger partial charge in [0.15, 0.2) is 0 Å². The van der Waals surface area contributed by atoms with E-state index in [1.54, 1.807) is 38.5 Å². The molecule has 4 aromatic rings. The molecule has 2 atom stereocenters. The Morgan fingerprint density at radius 2 is 0.861 bits per heavy atom. The largest absolute Gasteiger partial charge is 0.508 e. The number of hydrogen-bond donors (Lipinski definition) is 2. The summed E-state index contributed by atoms with van der Waals surface area (Å²) in [5.41, 5.74) is 3.62. The van der Waals surface area contributed by atoms with E-state index in [0.29, 0.717) is 0 Å². The molecular weight excluding hydrogens is 452 g/mol. The number of benzene rings is 4. The molecule has 0 bridgehead atoms. The van der Waals surface area contributed by atoms with Crippen LogP contribution in [0.4, 0.5) is 0 Å². The Labute approximate surface area is 210 Å². The number of ether oxygens (including phenoxy) is 2. The summed E-state index contributed by atoms with van der Waals surface area (Å²) in [6.45, 7) is 0. The van der Waals surface area contributed by atoms with Gasteiger partial charge in [-0.25, -0.2) is 0 Å². The topological polar surface area (TPSA) is 83.6 Å². The fraction of sp³-hybridized carbons (Fsp3) is 0.133. The van der Waals surface area contributed by atoms with Crippen LogP contribution in [-0.2, 0) is 0 Å². The predicted octanol–water partition coefficient (Wildman–Crippen LogP) is 6.14. The monoisotopic (exact) mass is 480 g/mol. The van der Waals surface area contributed by atoms with Gasteiger partial charge in [-0.1, -0.05) is 24.3 Å². The molecule has 0 aliphatic carbocycles. The average molecular weight is 481 g/mol. The van der Waals surface area contributed by atoms with E-state index in [2.05, 4.69) is 0 Å². The molecule has 0 spiro atoms. The average Bonchev–Trinajstić information content (AvgIpc) is 2.92. The van der Waals surface area contributed by atoms with Crippen molar-refractivity contribution in [3.63, 3.8) is 0 Å². The SMILES string of the molecule is COc1ccc(C=NC(c2ccc(O)cc2)C(N=Cc2ccc(OC)cc2)c2ccc(O)cc2)cc1. The molecule has 0 saturated carbocycles. The van der Waals surface area contributed by atoms with E-state index in [0.717, 1.165) is 33.8 Å². The van der Waals surface area contributed by atoms with E-state index >= 15 is 0 Å². The van der Waals surface area contributed by atoms with Gasteiger partial charge in [-0.15, -0.1) is 0 Å². The summed E-state index contributed by atoms with van der Waals surface area (Å²) in [4.78, 5) is 9.89. The summed E-state index contributed by atoms with van der Waals surface area (Å²) >= 11 is 0. The van der Waals surface area contributed by atoms with Crippen LogP contribution < -0.4 is 9.47 Å². The molecule has 6 nitrogen and oxygen atoms in total. The van der Waals surface area contributed by atoms with Gasteiger partial charge in [-0.3, -0.25) is 9.98 Å². The molecule has 0 heterocycles. The fourth-order valence-electron chi connectivity index (χ4n) is 3.76. The number of aromatic hydroxyl groups is 2. The number of phenolic OH excluding ortho intramolecular Hbond substituents is 2. The Bertz CT molecular complexity index is 1190. The molecule has 0 aliphatic rings. The van der Waals surface area contributed by atoms with Crippen LogP contribution in [0, 0.1) is 0 Å². The zero-order chi connectivity index (χ0) is 25.3. The molecule has 0 saturated heterocycles. The summed E-state index contributed by atoms with van der Waals surface area (Å²) in [6, 6.07) is 28.5. The normalized spacial score (nSPS) is 13.1. The molecule has 0 aromatic heterocycles. The van der Waals surface area contributed by atoms with E-state index in [1.165, 1.54) is 0 Å². The van der Waals surface area contributed by atoms with Gasteiger partial charge >= 0.3 is 0 Å². The van der Waals surface area contributed by atoms with Gasteiger partial charge in [-0.05, 0) is 95.1 Å². The number of methoxy groups -OCH3 is 2. The van der Waals surface area contributed by atoms with E-state index in [1.807, 2.05) is 85.2 Å². The van der Waals surface area contributed by atoms with Crippen molar-refractivity contribution in [1.29, 1.82) is 0 Å². The lowest BCUT2D eigenvalue weighted by Gasteiger charge is -2.22. The number of rotatable bonds is 9. The molecule has 36 heavy (non-hydrogen) atoms. The first kappa shape index (κ1) is 24.5. The lowest BCUT2D eigenvalue weighted by atomic mass is 9.93. The maximum atomic E-state index is 9.86. The van der Waals surface area contributed by atoms with Crippen LogP contribution in [0.15, 0.2) is 107 Å². The van der Waals surface area contributed by atoms with Gasteiger partial charge < -0.3 is 19.7 Å². The summed E-state index contributed by atoms with van der Waals surface area (Å²) in [5, 5.41) is 19.7. The van der Waals surface area contributed by atoms with E-state index in [9.17, 15) is 10.2 Å². The van der Waals surface area contributed by atoms with E-state index in [-0.39, 0.29) is 11.5 Å². The van der Waals surface area contributed by atoms with Crippen molar-refractivity contribution in [2.45, 2.75) is 12.1 Å². The van der Waals surface area contributed by atoms with Crippen molar-refractivity contribution in [1.82, 2.24) is 0 Å². The highest BCUT2D eigenvalue weighted by atomic mass is 16.5. The molecule has 2 unspecified atom stereocenters. The highest BCUT2D eigenvalue weighted by molar-refractivity contribution is 5.81. The molecule has 0 fully saturated rings. The predicted molar refractivity (Wildman–Crippen MR) is 143 cm³/mol. The van der Waals surface area contributed by atoms with Crippen molar-refractivity contribution in [3.8, 4) is 23.0 Å². The minimum absolute atomic E-state index is 0.180. The third-order valence-electron chi connectivity index (χ3n) is 5.77. The highest BCUT2D eigenvalue weighted by Crippen LogP contribution is 2.37. The summed E-state index contributed by atoms with van der Waals surface area (Å²) in [5.74, 6) is 1.90. The van der Waals surface area contributed by atoms with Gasteiger partial charge in [-0.2, -0.15) is 0 Å². The Kier molecular flexibility index (Phi) is 7.98. The molecule has 2 N–H and O–H groups in total. The zero-order valence-electron chi connectivity index (χ0n) is 20.2. The molecule has 4 aromatic carbocycles. The molecular formula is C30H28N2O4. The minimum Gasteiger partial charge on any atom is -0.508 e. The van der Waals surface area contributed by atoms with Crippen LogP contribution >= 0.6 is 0 Å². The van der Waals surface area contributed by atoms with Crippen molar-refractivity contribution < 1.29 is 19.7 Å². The van der Waals surface area contributed by atoms with Gasteiger partial charge in [0, 0.05) is 12.4 Å². The third-order valence-corrected chi connectivity index (χ3v) is 5.77. The molecule has 4 rings (SSSR count). The summed E-state index contributed by atoms with van der Waals surface area (Å²) in [7, 11) is 3.26. The number of nitrogens with zero attached hydrogens (tertiary/aromatic N) is 2. The lowest BCUT2D eigenvalue weighted by molar-refractivity contribution is 0.414. The van der Waals surface area contributed by atoms with Crippen molar-refractivity contribution >= 4 is 12.4 Å². The van der Waals surface area contributed by atoms with Crippen molar-refractivity contribution in [2.24, 2.45) is 9.98 Å². The zero-order valence-corrected chi connectivity index (χ0v) is 20.2. The van der Waals surface area contributed by atoms with Crippen molar-refractivity contribution in [3.05, 3.63) is 119 Å². The van der Waals surface area contributed by atoms with Crippen LogP contribution in [0.1, 0.15) is 34.3 Å². The van der Waals surface area contributed by atoms with Crippen LogP contribution in [0.5, 0.6) is 23.0 Å². The molecule has 182 valence electrons. The van der Waals surface area contributed by atoms with Crippen LogP contribution in [0.2, 0.25) is 0 Å². The smallest absolute Gasteiger partial charge is 0.118 e. The second kappa shape index (κ2) is 11.7. The van der Waals surface area contributed by atoms with Gasteiger partial charge in [0.25, 0.3) is 0 Å². The minimum atomic E-state index is -0.397. The summed E-state index contributed by atoms with van der Waals surface area (Å²) in [6.07, 6.45) is 3.63. The second-order valence-electron chi connectivity index (χ2n) is 8.18. The fourth-order valence-corrected chi connectivity index (χ4v) is 3.76. The van der Waals surface area contributed by atoms with Crippen LogP contribution in [0.25, 0.3) is 0 Å².